The fraction of sp³-hybridized carbons (Fsp3) is 0.368. The predicted molar refractivity (Wildman–Crippen MR) is 96.3 cm³/mol. The number of hydrogen-bond donors (Lipinski definition) is 1. The van der Waals surface area contributed by atoms with E-state index in [9.17, 15) is 4.79 Å². The molecule has 0 saturated heterocycles. The van der Waals surface area contributed by atoms with E-state index in [-0.39, 0.29) is 11.8 Å². The molecule has 2 rings (SSSR count). The van der Waals surface area contributed by atoms with Crippen molar-refractivity contribution in [1.82, 2.24) is 10.3 Å². The number of carbonyl (C=O) groups is 1. The van der Waals surface area contributed by atoms with Crippen LogP contribution < -0.4 is 5.32 Å². The van der Waals surface area contributed by atoms with E-state index in [4.69, 9.17) is 16.3 Å². The van der Waals surface area contributed by atoms with Gasteiger partial charge >= 0.3 is 0 Å². The minimum Gasteiger partial charge on any atom is -0.385 e. The van der Waals surface area contributed by atoms with Crippen molar-refractivity contribution in [2.24, 2.45) is 0 Å². The number of nitrogens with one attached hydrogen (secondary N) is 1. The number of carbonyl (C=O) groups excluding carboxylic acids is 1. The summed E-state index contributed by atoms with van der Waals surface area (Å²) in [5.41, 5.74) is 1.99. The molecule has 1 N–H and O–H groups in total. The van der Waals surface area contributed by atoms with Crippen LogP contribution in [0.1, 0.15) is 29.9 Å². The Bertz CT molecular complexity index is 617. The number of halogens is 1. The summed E-state index contributed by atoms with van der Waals surface area (Å²) in [7, 11) is 1.68. The Kier molecular flexibility index (Phi) is 7.72. The third kappa shape index (κ3) is 5.95. The third-order valence-corrected chi connectivity index (χ3v) is 4.08. The fourth-order valence-corrected chi connectivity index (χ4v) is 2.64. The molecular formula is C19H23ClN2O2. The molecule has 5 heteroatoms. The topological polar surface area (TPSA) is 51.2 Å². The average molecular weight is 347 g/mol. The molecule has 1 aromatic heterocycles. The summed E-state index contributed by atoms with van der Waals surface area (Å²) in [4.78, 5) is 16.8. The summed E-state index contributed by atoms with van der Waals surface area (Å²) in [6, 6.07) is 11.3. The quantitative estimate of drug-likeness (QED) is 0.706. The van der Waals surface area contributed by atoms with Crippen molar-refractivity contribution in [2.75, 3.05) is 20.3 Å². The van der Waals surface area contributed by atoms with Crippen LogP contribution in [0.25, 0.3) is 0 Å². The Balaban J connectivity index is 2.04. The number of hydrogen-bond acceptors (Lipinski definition) is 3. The van der Waals surface area contributed by atoms with Crippen LogP contribution in [0.3, 0.4) is 0 Å². The molecular weight excluding hydrogens is 324 g/mol. The van der Waals surface area contributed by atoms with E-state index in [0.717, 1.165) is 24.0 Å². The van der Waals surface area contributed by atoms with Crippen LogP contribution >= 0.6 is 11.6 Å². The van der Waals surface area contributed by atoms with Crippen molar-refractivity contribution >= 4 is 17.5 Å². The minimum absolute atomic E-state index is 0.0265. The summed E-state index contributed by atoms with van der Waals surface area (Å²) in [5, 5.41) is 3.69. The van der Waals surface area contributed by atoms with Crippen LogP contribution in [0, 0.1) is 0 Å². The lowest BCUT2D eigenvalue weighted by atomic mass is 9.91. The molecule has 1 unspecified atom stereocenters. The Hall–Kier alpha value is -1.91. The molecule has 24 heavy (non-hydrogen) atoms. The normalized spacial score (nSPS) is 11.9. The van der Waals surface area contributed by atoms with Gasteiger partial charge in [-0.2, -0.15) is 0 Å². The van der Waals surface area contributed by atoms with Gasteiger partial charge in [0.25, 0.3) is 0 Å². The van der Waals surface area contributed by atoms with Crippen LogP contribution in [0.5, 0.6) is 0 Å². The molecule has 0 aliphatic rings. The van der Waals surface area contributed by atoms with E-state index in [0.29, 0.717) is 24.6 Å². The molecule has 128 valence electrons. The van der Waals surface area contributed by atoms with Crippen LogP contribution in [0.2, 0.25) is 5.02 Å². The van der Waals surface area contributed by atoms with Crippen molar-refractivity contribution in [3.8, 4) is 0 Å². The molecule has 0 fully saturated rings. The number of nitrogens with zero attached hydrogens (tertiary/aromatic N) is 1. The smallest absolute Gasteiger partial charge is 0.227 e. The van der Waals surface area contributed by atoms with Gasteiger partial charge in [-0.15, -0.1) is 0 Å². The highest BCUT2D eigenvalue weighted by Crippen LogP contribution is 2.23. The SMILES string of the molecule is COCCCCNC(=O)C(Cc1cccnc1)c1ccc(Cl)cc1. The number of methoxy groups -OCH3 is 1. The molecule has 0 radical (unpaired) electrons. The van der Waals surface area contributed by atoms with Crippen molar-refractivity contribution < 1.29 is 9.53 Å². The first-order chi connectivity index (χ1) is 11.7. The second-order valence-electron chi connectivity index (χ2n) is 5.66. The highest BCUT2D eigenvalue weighted by Gasteiger charge is 2.21. The predicted octanol–water partition coefficient (Wildman–Crippen LogP) is 3.60. The largest absolute Gasteiger partial charge is 0.385 e. The zero-order valence-electron chi connectivity index (χ0n) is 13.9. The maximum absolute atomic E-state index is 12.7. The van der Waals surface area contributed by atoms with Gasteiger partial charge < -0.3 is 10.1 Å². The molecule has 1 heterocycles. The Morgan fingerprint density at radius 3 is 2.71 bits per heavy atom. The zero-order chi connectivity index (χ0) is 17.2. The van der Waals surface area contributed by atoms with Crippen molar-refractivity contribution in [1.29, 1.82) is 0 Å². The Labute approximate surface area is 148 Å². The molecule has 1 atom stereocenters. The van der Waals surface area contributed by atoms with Crippen LogP contribution in [-0.4, -0.2) is 31.2 Å². The second kappa shape index (κ2) is 10.1. The average Bonchev–Trinajstić information content (AvgIpc) is 2.61. The molecule has 0 saturated carbocycles. The third-order valence-electron chi connectivity index (χ3n) is 3.83. The number of unbranched alkanes of at least 4 members (excludes halogenated alkanes) is 1. The number of ether oxygens (including phenoxy) is 1. The maximum atomic E-state index is 12.7. The number of rotatable bonds is 9. The minimum atomic E-state index is -0.256. The van der Waals surface area contributed by atoms with Gasteiger partial charge in [0, 0.05) is 37.7 Å². The summed E-state index contributed by atoms with van der Waals surface area (Å²) in [5.74, 6) is -0.229. The van der Waals surface area contributed by atoms with Crippen molar-refractivity contribution in [2.45, 2.75) is 25.2 Å². The van der Waals surface area contributed by atoms with Crippen molar-refractivity contribution in [3.05, 3.63) is 64.9 Å². The van der Waals surface area contributed by atoms with E-state index in [1.165, 1.54) is 0 Å². The van der Waals surface area contributed by atoms with Crippen LogP contribution in [-0.2, 0) is 16.0 Å². The lowest BCUT2D eigenvalue weighted by molar-refractivity contribution is -0.122. The Morgan fingerprint density at radius 1 is 1.25 bits per heavy atom. The van der Waals surface area contributed by atoms with Gasteiger partial charge in [0.15, 0.2) is 0 Å². The second-order valence-corrected chi connectivity index (χ2v) is 6.10. The molecule has 1 amide bonds. The van der Waals surface area contributed by atoms with E-state index >= 15 is 0 Å². The van der Waals surface area contributed by atoms with Crippen molar-refractivity contribution in [3.63, 3.8) is 0 Å². The lowest BCUT2D eigenvalue weighted by Gasteiger charge is -2.17. The van der Waals surface area contributed by atoms with E-state index in [1.807, 2.05) is 36.4 Å². The molecule has 2 aromatic rings. The summed E-state index contributed by atoms with van der Waals surface area (Å²) in [6.45, 7) is 1.37. The van der Waals surface area contributed by atoms with Gasteiger partial charge in [-0.05, 0) is 48.6 Å². The highest BCUT2D eigenvalue weighted by molar-refractivity contribution is 6.30. The number of aromatic nitrogens is 1. The van der Waals surface area contributed by atoms with Gasteiger partial charge in [0.05, 0.1) is 5.92 Å². The molecule has 0 aliphatic heterocycles. The van der Waals surface area contributed by atoms with Gasteiger partial charge in [0.1, 0.15) is 0 Å². The summed E-state index contributed by atoms with van der Waals surface area (Å²) < 4.78 is 5.02. The van der Waals surface area contributed by atoms with Gasteiger partial charge in [-0.1, -0.05) is 29.8 Å². The molecule has 1 aromatic carbocycles. The van der Waals surface area contributed by atoms with Gasteiger partial charge in [-0.3, -0.25) is 9.78 Å². The molecule has 0 aliphatic carbocycles. The lowest BCUT2D eigenvalue weighted by Crippen LogP contribution is -2.31. The number of pyridine rings is 1. The van der Waals surface area contributed by atoms with Crippen LogP contribution in [0.4, 0.5) is 0 Å². The number of benzene rings is 1. The number of amides is 1. The summed E-state index contributed by atoms with van der Waals surface area (Å²) >= 11 is 5.97. The first-order valence-corrected chi connectivity index (χ1v) is 8.49. The van der Waals surface area contributed by atoms with E-state index in [1.54, 1.807) is 19.5 Å². The summed E-state index contributed by atoms with van der Waals surface area (Å²) in [6.07, 6.45) is 5.98. The van der Waals surface area contributed by atoms with E-state index in [2.05, 4.69) is 10.3 Å². The molecule has 0 spiro atoms. The first-order valence-electron chi connectivity index (χ1n) is 8.11. The van der Waals surface area contributed by atoms with E-state index < -0.39 is 0 Å². The maximum Gasteiger partial charge on any atom is 0.227 e. The van der Waals surface area contributed by atoms with Gasteiger partial charge in [-0.25, -0.2) is 0 Å². The highest BCUT2D eigenvalue weighted by atomic mass is 35.5. The fourth-order valence-electron chi connectivity index (χ4n) is 2.52. The molecule has 0 bridgehead atoms. The van der Waals surface area contributed by atoms with Crippen LogP contribution in [0.15, 0.2) is 48.8 Å². The monoisotopic (exact) mass is 346 g/mol. The van der Waals surface area contributed by atoms with Gasteiger partial charge in [0.2, 0.25) is 5.91 Å². The Morgan fingerprint density at radius 2 is 2.04 bits per heavy atom. The standard InChI is InChI=1S/C19H23ClN2O2/c1-24-12-3-2-11-22-19(23)18(13-15-5-4-10-21-14-15)16-6-8-17(20)9-7-16/h4-10,14,18H,2-3,11-13H2,1H3,(H,22,23). The zero-order valence-corrected chi connectivity index (χ0v) is 14.6. The molecule has 4 nitrogen and oxygen atoms in total. The first kappa shape index (κ1) is 18.4.